The van der Waals surface area contributed by atoms with Crippen LogP contribution in [0.4, 0.5) is 0 Å². The molecule has 0 atom stereocenters. The lowest BCUT2D eigenvalue weighted by Crippen LogP contribution is -1.81. The fourth-order valence-corrected chi connectivity index (χ4v) is 2.99. The van der Waals surface area contributed by atoms with Crippen molar-refractivity contribution in [3.05, 3.63) is 95.6 Å². The number of aryl methyl sites for hydroxylation is 1. The fraction of sp³-hybridized carbons (Fsp3) is 0.0833. The van der Waals surface area contributed by atoms with Gasteiger partial charge in [-0.25, -0.2) is 0 Å². The van der Waals surface area contributed by atoms with Gasteiger partial charge in [-0.05, 0) is 69.9 Å². The van der Waals surface area contributed by atoms with Crippen LogP contribution in [0.1, 0.15) is 23.6 Å². The Labute approximate surface area is 142 Å². The molecule has 4 aromatic rings. The molecule has 24 heavy (non-hydrogen) atoms. The molecule has 0 heterocycles. The van der Waals surface area contributed by atoms with Gasteiger partial charge >= 0.3 is 0 Å². The number of rotatable bonds is 1. The lowest BCUT2D eigenvalue weighted by atomic mass is 10.0. The molecule has 0 aromatic heterocycles. The van der Waals surface area contributed by atoms with Gasteiger partial charge in [-0.15, -0.1) is 0 Å². The second kappa shape index (κ2) is 6.22. The monoisotopic (exact) mass is 306 g/mol. The zero-order chi connectivity index (χ0) is 16.4. The summed E-state index contributed by atoms with van der Waals surface area (Å²) in [7, 11) is 0. The highest BCUT2D eigenvalue weighted by Gasteiger charge is 1.98. The topological polar surface area (TPSA) is 0 Å². The van der Waals surface area contributed by atoms with E-state index in [1.165, 1.54) is 27.1 Å². The Hall–Kier alpha value is -3.04. The smallest absolute Gasteiger partial charge is 0.0255 e. The van der Waals surface area contributed by atoms with Crippen LogP contribution in [0.2, 0.25) is 0 Å². The number of fused-ring (bicyclic) bond motifs is 2. The molecule has 0 N–H and O–H groups in total. The highest BCUT2D eigenvalue weighted by atomic mass is 14.0. The summed E-state index contributed by atoms with van der Waals surface area (Å²) in [6.45, 7) is 2.17. The molecule has 0 radical (unpaired) electrons. The average molecular weight is 306 g/mol. The summed E-state index contributed by atoms with van der Waals surface area (Å²) in [4.78, 5) is 0. The third-order valence-electron chi connectivity index (χ3n) is 4.42. The molecule has 0 aliphatic carbocycles. The maximum absolute atomic E-state index is 3.29. The second-order valence-corrected chi connectivity index (χ2v) is 6.06. The van der Waals surface area contributed by atoms with E-state index < -0.39 is 0 Å². The molecule has 0 heteroatoms. The molecule has 0 nitrogen and oxygen atoms in total. The molecule has 4 rings (SSSR count). The van der Waals surface area contributed by atoms with Gasteiger partial charge in [0.1, 0.15) is 0 Å². The maximum atomic E-state index is 3.29. The Morgan fingerprint density at radius 3 is 1.88 bits per heavy atom. The predicted molar refractivity (Wildman–Crippen MR) is 103 cm³/mol. The van der Waals surface area contributed by atoms with E-state index in [1.54, 1.807) is 0 Å². The third-order valence-corrected chi connectivity index (χ3v) is 4.42. The summed E-state index contributed by atoms with van der Waals surface area (Å²) in [5.41, 5.74) is 3.46. The summed E-state index contributed by atoms with van der Waals surface area (Å²) < 4.78 is 0. The first-order chi connectivity index (χ1) is 11.8. The predicted octanol–water partition coefficient (Wildman–Crippen LogP) is 5.96. The number of hydrogen-bond acceptors (Lipinski definition) is 0. The molecule has 0 saturated carbocycles. The van der Waals surface area contributed by atoms with Crippen molar-refractivity contribution in [2.24, 2.45) is 0 Å². The zero-order valence-corrected chi connectivity index (χ0v) is 13.7. The van der Waals surface area contributed by atoms with E-state index in [9.17, 15) is 0 Å². The molecule has 0 amide bonds. The van der Waals surface area contributed by atoms with Crippen LogP contribution in [0.25, 0.3) is 21.5 Å². The third kappa shape index (κ3) is 2.90. The average Bonchev–Trinajstić information content (AvgIpc) is 2.65. The van der Waals surface area contributed by atoms with E-state index in [0.29, 0.717) is 0 Å². The van der Waals surface area contributed by atoms with Gasteiger partial charge in [0, 0.05) is 11.1 Å². The standard InChI is InChI=1S/C24H18/c1-2-18-7-9-19(10-8-18)11-12-20-13-14-23-16-21-5-3-4-6-22(21)17-24(23)15-20/h3-10,13-17H,2H2,1H3. The van der Waals surface area contributed by atoms with E-state index in [1.807, 2.05) is 0 Å². The van der Waals surface area contributed by atoms with E-state index in [0.717, 1.165) is 17.5 Å². The fourth-order valence-electron chi connectivity index (χ4n) is 2.99. The molecular weight excluding hydrogens is 288 g/mol. The van der Waals surface area contributed by atoms with Crippen molar-refractivity contribution in [2.45, 2.75) is 13.3 Å². The van der Waals surface area contributed by atoms with Crippen molar-refractivity contribution in [1.82, 2.24) is 0 Å². The van der Waals surface area contributed by atoms with E-state index in [2.05, 4.69) is 97.6 Å². The summed E-state index contributed by atoms with van der Waals surface area (Å²) in [6, 6.07) is 27.9. The second-order valence-electron chi connectivity index (χ2n) is 6.06. The lowest BCUT2D eigenvalue weighted by Gasteiger charge is -2.02. The molecule has 0 fully saturated rings. The van der Waals surface area contributed by atoms with Gasteiger partial charge in [0.15, 0.2) is 0 Å². The molecule has 0 aliphatic heterocycles. The Balaban J connectivity index is 1.72. The van der Waals surface area contributed by atoms with Gasteiger partial charge in [0.25, 0.3) is 0 Å². The molecule has 114 valence electrons. The van der Waals surface area contributed by atoms with Gasteiger partial charge in [-0.1, -0.05) is 61.2 Å². The van der Waals surface area contributed by atoms with E-state index in [-0.39, 0.29) is 0 Å². The van der Waals surface area contributed by atoms with Crippen LogP contribution in [0.15, 0.2) is 78.9 Å². The zero-order valence-electron chi connectivity index (χ0n) is 13.7. The first-order valence-electron chi connectivity index (χ1n) is 8.35. The van der Waals surface area contributed by atoms with Crippen molar-refractivity contribution in [3.8, 4) is 11.8 Å². The van der Waals surface area contributed by atoms with Crippen LogP contribution in [0, 0.1) is 11.8 Å². The van der Waals surface area contributed by atoms with E-state index in [4.69, 9.17) is 0 Å². The van der Waals surface area contributed by atoms with Gasteiger partial charge in [0.2, 0.25) is 0 Å². The molecule has 0 aliphatic rings. The minimum absolute atomic E-state index is 1.05. The van der Waals surface area contributed by atoms with Gasteiger partial charge in [0.05, 0.1) is 0 Å². The quantitative estimate of drug-likeness (QED) is 0.301. The van der Waals surface area contributed by atoms with Crippen molar-refractivity contribution >= 4 is 21.5 Å². The van der Waals surface area contributed by atoms with Crippen LogP contribution in [0.5, 0.6) is 0 Å². The first-order valence-corrected chi connectivity index (χ1v) is 8.35. The SMILES string of the molecule is CCc1ccc(C#Cc2ccc3cc4ccccc4cc3c2)cc1. The minimum Gasteiger partial charge on any atom is -0.0617 e. The first kappa shape index (κ1) is 14.5. The van der Waals surface area contributed by atoms with Crippen LogP contribution in [-0.4, -0.2) is 0 Å². The van der Waals surface area contributed by atoms with Gasteiger partial charge < -0.3 is 0 Å². The maximum Gasteiger partial charge on any atom is 0.0255 e. The highest BCUT2D eigenvalue weighted by Crippen LogP contribution is 2.23. The summed E-state index contributed by atoms with van der Waals surface area (Å²) in [5, 5.41) is 5.04. The normalized spacial score (nSPS) is 10.5. The van der Waals surface area contributed by atoms with Crippen molar-refractivity contribution in [1.29, 1.82) is 0 Å². The van der Waals surface area contributed by atoms with Crippen LogP contribution >= 0.6 is 0 Å². The Bertz CT molecular complexity index is 1070. The van der Waals surface area contributed by atoms with Crippen molar-refractivity contribution < 1.29 is 0 Å². The van der Waals surface area contributed by atoms with Crippen molar-refractivity contribution in [2.75, 3.05) is 0 Å². The number of benzene rings is 4. The van der Waals surface area contributed by atoms with Gasteiger partial charge in [-0.2, -0.15) is 0 Å². The molecule has 0 saturated heterocycles. The summed E-state index contributed by atoms with van der Waals surface area (Å²) in [6.07, 6.45) is 1.06. The highest BCUT2D eigenvalue weighted by molar-refractivity contribution is 5.98. The molecule has 0 bridgehead atoms. The number of hydrogen-bond donors (Lipinski definition) is 0. The molecule has 0 unspecified atom stereocenters. The molecule has 4 aromatic carbocycles. The Kier molecular flexibility index (Phi) is 3.77. The Morgan fingerprint density at radius 1 is 0.583 bits per heavy atom. The largest absolute Gasteiger partial charge is 0.0617 e. The van der Waals surface area contributed by atoms with Crippen LogP contribution in [-0.2, 0) is 6.42 Å². The lowest BCUT2D eigenvalue weighted by molar-refractivity contribution is 1.14. The van der Waals surface area contributed by atoms with Crippen molar-refractivity contribution in [3.63, 3.8) is 0 Å². The summed E-state index contributed by atoms with van der Waals surface area (Å²) in [5.74, 6) is 6.55. The Morgan fingerprint density at radius 2 is 1.17 bits per heavy atom. The van der Waals surface area contributed by atoms with E-state index >= 15 is 0 Å². The van der Waals surface area contributed by atoms with Crippen LogP contribution in [0.3, 0.4) is 0 Å². The van der Waals surface area contributed by atoms with Gasteiger partial charge in [-0.3, -0.25) is 0 Å². The molecule has 0 spiro atoms. The summed E-state index contributed by atoms with van der Waals surface area (Å²) >= 11 is 0. The molecular formula is C24H18. The van der Waals surface area contributed by atoms with Crippen LogP contribution < -0.4 is 0 Å². The minimum atomic E-state index is 1.05.